The molecule has 4 aromatic rings. The molecule has 4 rings (SSSR count). The highest BCUT2D eigenvalue weighted by atomic mass is 19.1. The largest absolute Gasteiger partial charge is 0.444 e. The lowest BCUT2D eigenvalue weighted by atomic mass is 10.1. The van der Waals surface area contributed by atoms with E-state index in [1.165, 1.54) is 17.7 Å². The number of oxazole rings is 1. The van der Waals surface area contributed by atoms with Crippen LogP contribution in [0.15, 0.2) is 64.3 Å². The van der Waals surface area contributed by atoms with Crippen molar-refractivity contribution in [3.63, 3.8) is 0 Å². The van der Waals surface area contributed by atoms with Gasteiger partial charge in [-0.3, -0.25) is 4.99 Å². The third-order valence-electron chi connectivity index (χ3n) is 5.16. The van der Waals surface area contributed by atoms with Crippen LogP contribution in [0.25, 0.3) is 22.4 Å². The molecule has 0 bridgehead atoms. The van der Waals surface area contributed by atoms with E-state index < -0.39 is 0 Å². The van der Waals surface area contributed by atoms with Gasteiger partial charge in [-0.1, -0.05) is 17.7 Å². The number of rotatable bonds is 7. The molecule has 2 heterocycles. The van der Waals surface area contributed by atoms with Gasteiger partial charge in [0.05, 0.1) is 5.69 Å². The zero-order valence-electron chi connectivity index (χ0n) is 17.7. The van der Waals surface area contributed by atoms with Crippen molar-refractivity contribution >= 4 is 16.9 Å². The number of benzene rings is 2. The Balaban J connectivity index is 1.24. The lowest BCUT2D eigenvalue weighted by Crippen LogP contribution is -2.39. The first kappa shape index (κ1) is 20.7. The van der Waals surface area contributed by atoms with E-state index in [9.17, 15) is 4.39 Å². The van der Waals surface area contributed by atoms with Gasteiger partial charge in [0.15, 0.2) is 5.96 Å². The fraction of sp³-hybridized carbons (Fsp3) is 0.250. The molecule has 0 aliphatic carbocycles. The molecule has 31 heavy (non-hydrogen) atoms. The highest BCUT2D eigenvalue weighted by Crippen LogP contribution is 2.20. The smallest absolute Gasteiger partial charge is 0.226 e. The fourth-order valence-electron chi connectivity index (χ4n) is 3.46. The molecule has 0 saturated heterocycles. The van der Waals surface area contributed by atoms with E-state index in [4.69, 9.17) is 4.42 Å². The monoisotopic (exact) mass is 419 g/mol. The van der Waals surface area contributed by atoms with Crippen molar-refractivity contribution in [3.05, 3.63) is 77.6 Å². The summed E-state index contributed by atoms with van der Waals surface area (Å²) < 4.78 is 18.9. The number of aryl methyl sites for hydroxylation is 1. The second-order valence-electron chi connectivity index (χ2n) is 7.44. The average Bonchev–Trinajstić information content (AvgIpc) is 3.40. The molecular weight excluding hydrogens is 393 g/mol. The maximum absolute atomic E-state index is 13.3. The van der Waals surface area contributed by atoms with Crippen molar-refractivity contribution < 1.29 is 8.81 Å². The maximum Gasteiger partial charge on any atom is 0.226 e. The quantitative estimate of drug-likeness (QED) is 0.310. The number of aromatic amines is 1. The highest BCUT2D eigenvalue weighted by Gasteiger charge is 2.08. The predicted molar refractivity (Wildman–Crippen MR) is 122 cm³/mol. The second kappa shape index (κ2) is 9.47. The molecule has 0 amide bonds. The first-order chi connectivity index (χ1) is 15.1. The van der Waals surface area contributed by atoms with Crippen LogP contribution >= 0.6 is 0 Å². The van der Waals surface area contributed by atoms with Gasteiger partial charge in [0.2, 0.25) is 5.89 Å². The summed E-state index contributed by atoms with van der Waals surface area (Å²) in [4.78, 5) is 12.0. The topological polar surface area (TPSA) is 78.2 Å². The standard InChI is InChI=1S/C24H26FN5O/c1-16-3-5-17(6-4-16)23-30-20(15-31-23)10-12-28-24(26-2)27-11-9-18-14-29-22-13-19(25)7-8-21(18)22/h3-8,13-15,29H,9-12H2,1-2H3,(H2,26,27,28). The van der Waals surface area contributed by atoms with Crippen LogP contribution in [0.2, 0.25) is 0 Å². The van der Waals surface area contributed by atoms with E-state index in [0.717, 1.165) is 46.5 Å². The van der Waals surface area contributed by atoms with Gasteiger partial charge in [0, 0.05) is 49.2 Å². The van der Waals surface area contributed by atoms with Gasteiger partial charge in [-0.2, -0.15) is 0 Å². The first-order valence-electron chi connectivity index (χ1n) is 10.3. The first-order valence-corrected chi connectivity index (χ1v) is 10.3. The molecule has 0 aliphatic heterocycles. The number of hydrogen-bond acceptors (Lipinski definition) is 3. The molecular formula is C24H26FN5O. The molecule has 2 aromatic carbocycles. The summed E-state index contributed by atoms with van der Waals surface area (Å²) >= 11 is 0. The summed E-state index contributed by atoms with van der Waals surface area (Å²) in [6, 6.07) is 12.9. The van der Waals surface area contributed by atoms with Gasteiger partial charge >= 0.3 is 0 Å². The molecule has 0 aliphatic rings. The van der Waals surface area contributed by atoms with Gasteiger partial charge in [-0.25, -0.2) is 9.37 Å². The summed E-state index contributed by atoms with van der Waals surface area (Å²) in [5, 5.41) is 7.66. The Morgan fingerprint density at radius 2 is 1.87 bits per heavy atom. The third kappa shape index (κ3) is 5.12. The van der Waals surface area contributed by atoms with Crippen LogP contribution in [0.4, 0.5) is 4.39 Å². The Morgan fingerprint density at radius 1 is 1.10 bits per heavy atom. The van der Waals surface area contributed by atoms with Crippen LogP contribution in [0, 0.1) is 12.7 Å². The number of halogens is 1. The molecule has 0 fully saturated rings. The molecule has 6 nitrogen and oxygen atoms in total. The summed E-state index contributed by atoms with van der Waals surface area (Å²) in [6.45, 7) is 3.45. The minimum Gasteiger partial charge on any atom is -0.444 e. The minimum atomic E-state index is -0.235. The van der Waals surface area contributed by atoms with E-state index >= 15 is 0 Å². The highest BCUT2D eigenvalue weighted by molar-refractivity contribution is 5.83. The number of nitrogens with zero attached hydrogens (tertiary/aromatic N) is 2. The van der Waals surface area contributed by atoms with Crippen LogP contribution < -0.4 is 10.6 Å². The third-order valence-corrected chi connectivity index (χ3v) is 5.16. The summed E-state index contributed by atoms with van der Waals surface area (Å²) in [6.07, 6.45) is 5.16. The summed E-state index contributed by atoms with van der Waals surface area (Å²) in [5.74, 6) is 1.13. The van der Waals surface area contributed by atoms with Crippen molar-refractivity contribution in [2.24, 2.45) is 4.99 Å². The Hall–Kier alpha value is -3.61. The lowest BCUT2D eigenvalue weighted by Gasteiger charge is -2.11. The second-order valence-corrected chi connectivity index (χ2v) is 7.44. The van der Waals surface area contributed by atoms with E-state index in [0.29, 0.717) is 19.0 Å². The maximum atomic E-state index is 13.3. The summed E-state index contributed by atoms with van der Waals surface area (Å²) in [5.41, 5.74) is 5.03. The molecule has 0 atom stereocenters. The number of guanidine groups is 1. The Labute approximate surface area is 180 Å². The van der Waals surface area contributed by atoms with Gasteiger partial charge in [0.25, 0.3) is 0 Å². The number of H-pyrrole nitrogens is 1. The molecule has 0 radical (unpaired) electrons. The predicted octanol–water partition coefficient (Wildman–Crippen LogP) is 4.22. The van der Waals surface area contributed by atoms with Gasteiger partial charge in [-0.05, 0) is 49.2 Å². The van der Waals surface area contributed by atoms with Crippen LogP contribution in [-0.2, 0) is 12.8 Å². The number of hydrogen-bond donors (Lipinski definition) is 3. The van der Waals surface area contributed by atoms with Crippen molar-refractivity contribution in [3.8, 4) is 11.5 Å². The SMILES string of the molecule is CN=C(NCCc1coc(-c2ccc(C)cc2)n1)NCCc1c[nH]c2cc(F)ccc12. The van der Waals surface area contributed by atoms with Gasteiger partial charge in [-0.15, -0.1) is 0 Å². The number of aromatic nitrogens is 2. The number of aliphatic imine (C=N–C) groups is 1. The number of nitrogens with one attached hydrogen (secondary N) is 3. The van der Waals surface area contributed by atoms with E-state index in [1.807, 2.05) is 36.5 Å². The summed E-state index contributed by atoms with van der Waals surface area (Å²) in [7, 11) is 1.75. The van der Waals surface area contributed by atoms with Crippen molar-refractivity contribution in [2.45, 2.75) is 19.8 Å². The molecule has 0 spiro atoms. The van der Waals surface area contributed by atoms with Crippen molar-refractivity contribution in [1.29, 1.82) is 0 Å². The zero-order valence-corrected chi connectivity index (χ0v) is 17.7. The van der Waals surface area contributed by atoms with Crippen molar-refractivity contribution in [1.82, 2.24) is 20.6 Å². The van der Waals surface area contributed by atoms with Crippen molar-refractivity contribution in [2.75, 3.05) is 20.1 Å². The molecule has 7 heteroatoms. The molecule has 3 N–H and O–H groups in total. The molecule has 160 valence electrons. The minimum absolute atomic E-state index is 0.235. The molecule has 0 saturated carbocycles. The van der Waals surface area contributed by atoms with Crippen LogP contribution in [0.1, 0.15) is 16.8 Å². The molecule has 2 aromatic heterocycles. The van der Waals surface area contributed by atoms with Gasteiger partial charge < -0.3 is 20.0 Å². The number of fused-ring (bicyclic) bond motifs is 1. The zero-order chi connectivity index (χ0) is 21.6. The average molecular weight is 420 g/mol. The van der Waals surface area contributed by atoms with E-state index in [-0.39, 0.29) is 5.82 Å². The molecule has 0 unspecified atom stereocenters. The Bertz CT molecular complexity index is 1180. The van der Waals surface area contributed by atoms with Gasteiger partial charge in [0.1, 0.15) is 12.1 Å². The van der Waals surface area contributed by atoms with Crippen LogP contribution in [-0.4, -0.2) is 36.1 Å². The fourth-order valence-corrected chi connectivity index (χ4v) is 3.46. The van der Waals surface area contributed by atoms with E-state index in [1.54, 1.807) is 13.3 Å². The van der Waals surface area contributed by atoms with E-state index in [2.05, 4.69) is 32.5 Å². The van der Waals surface area contributed by atoms with Crippen LogP contribution in [0.5, 0.6) is 0 Å². The van der Waals surface area contributed by atoms with Crippen LogP contribution in [0.3, 0.4) is 0 Å². The normalized spacial score (nSPS) is 11.8. The Morgan fingerprint density at radius 3 is 2.65 bits per heavy atom. The lowest BCUT2D eigenvalue weighted by molar-refractivity contribution is 0.572. The Kier molecular flexibility index (Phi) is 6.31.